The van der Waals surface area contributed by atoms with Gasteiger partial charge in [-0.2, -0.15) is 10.2 Å². The van der Waals surface area contributed by atoms with Crippen LogP contribution in [0.3, 0.4) is 0 Å². The molecule has 142 valence electrons. The summed E-state index contributed by atoms with van der Waals surface area (Å²) in [5.41, 5.74) is 2.95. The maximum atomic E-state index is 13.2. The van der Waals surface area contributed by atoms with E-state index in [-0.39, 0.29) is 11.9 Å². The monoisotopic (exact) mass is 377 g/mol. The lowest BCUT2D eigenvalue weighted by Gasteiger charge is -2.32. The van der Waals surface area contributed by atoms with Crippen molar-refractivity contribution in [2.75, 3.05) is 6.54 Å². The SMILES string of the molecule is Cc1cnc2c(C(=O)N3Cc4nnc(-c5cnn(C)c5)n4[C@@H](C)C3)cnn2c1. The van der Waals surface area contributed by atoms with E-state index in [1.807, 2.05) is 26.4 Å². The number of amides is 1. The van der Waals surface area contributed by atoms with Gasteiger partial charge in [-0.1, -0.05) is 0 Å². The molecule has 0 fully saturated rings. The van der Waals surface area contributed by atoms with Crippen LogP contribution in [0.4, 0.5) is 0 Å². The van der Waals surface area contributed by atoms with Crippen molar-refractivity contribution in [3.05, 3.63) is 47.9 Å². The fraction of sp³-hybridized carbons (Fsp3) is 0.333. The lowest BCUT2D eigenvalue weighted by atomic mass is 10.1. The minimum absolute atomic E-state index is 0.0370. The molecule has 1 atom stereocenters. The zero-order valence-corrected chi connectivity index (χ0v) is 15.8. The molecule has 0 unspecified atom stereocenters. The van der Waals surface area contributed by atoms with Crippen molar-refractivity contribution in [2.45, 2.75) is 26.4 Å². The highest BCUT2D eigenvalue weighted by Crippen LogP contribution is 2.28. The van der Waals surface area contributed by atoms with Crippen LogP contribution in [0, 0.1) is 6.92 Å². The summed E-state index contributed by atoms with van der Waals surface area (Å²) >= 11 is 0. The normalized spacial score (nSPS) is 16.5. The van der Waals surface area contributed by atoms with Gasteiger partial charge in [0.25, 0.3) is 5.91 Å². The predicted molar refractivity (Wildman–Crippen MR) is 99.4 cm³/mol. The molecule has 4 aromatic rings. The molecule has 0 saturated carbocycles. The van der Waals surface area contributed by atoms with Gasteiger partial charge in [0.2, 0.25) is 0 Å². The largest absolute Gasteiger partial charge is 0.329 e. The smallest absolute Gasteiger partial charge is 0.259 e. The standard InChI is InChI=1S/C18H19N9O/c1-11-4-19-17-14(6-21-26(17)7-11)18(28)25-8-12(2)27-15(10-25)22-23-16(27)13-5-20-24(3)9-13/h4-7,9,12H,8,10H2,1-3H3/t12-/m0/s1. The first kappa shape index (κ1) is 16.6. The number of aryl methyl sites for hydroxylation is 2. The van der Waals surface area contributed by atoms with E-state index in [0.29, 0.717) is 24.3 Å². The van der Waals surface area contributed by atoms with E-state index in [9.17, 15) is 4.79 Å². The summed E-state index contributed by atoms with van der Waals surface area (Å²) in [4.78, 5) is 19.3. The van der Waals surface area contributed by atoms with Gasteiger partial charge in [-0.15, -0.1) is 10.2 Å². The Hall–Kier alpha value is -3.56. The molecule has 0 spiro atoms. The molecule has 0 aliphatic carbocycles. The first-order valence-electron chi connectivity index (χ1n) is 9.03. The van der Waals surface area contributed by atoms with Crippen LogP contribution in [0.25, 0.3) is 17.0 Å². The summed E-state index contributed by atoms with van der Waals surface area (Å²) in [7, 11) is 1.87. The number of rotatable bonds is 2. The molecule has 0 saturated heterocycles. The maximum absolute atomic E-state index is 13.2. The van der Waals surface area contributed by atoms with Gasteiger partial charge in [-0.05, 0) is 19.4 Å². The van der Waals surface area contributed by atoms with E-state index >= 15 is 0 Å². The summed E-state index contributed by atoms with van der Waals surface area (Å²) in [5.74, 6) is 1.43. The zero-order chi connectivity index (χ0) is 19.4. The summed E-state index contributed by atoms with van der Waals surface area (Å²) < 4.78 is 5.46. The maximum Gasteiger partial charge on any atom is 0.259 e. The van der Waals surface area contributed by atoms with Crippen LogP contribution in [0.5, 0.6) is 0 Å². The van der Waals surface area contributed by atoms with Crippen LogP contribution in [0.2, 0.25) is 0 Å². The topological polar surface area (TPSA) is 99.0 Å². The minimum Gasteiger partial charge on any atom is -0.329 e. The Morgan fingerprint density at radius 2 is 2.00 bits per heavy atom. The fourth-order valence-electron chi connectivity index (χ4n) is 3.71. The summed E-state index contributed by atoms with van der Waals surface area (Å²) in [5, 5.41) is 17.1. The minimum atomic E-state index is -0.101. The number of aromatic nitrogens is 8. The predicted octanol–water partition coefficient (Wildman–Crippen LogP) is 1.25. The van der Waals surface area contributed by atoms with Gasteiger partial charge < -0.3 is 9.47 Å². The summed E-state index contributed by atoms with van der Waals surface area (Å²) in [6.45, 7) is 4.94. The second-order valence-corrected chi connectivity index (χ2v) is 7.20. The highest BCUT2D eigenvalue weighted by Gasteiger charge is 2.31. The van der Waals surface area contributed by atoms with Crippen molar-refractivity contribution in [3.63, 3.8) is 0 Å². The molecule has 0 aromatic carbocycles. The molecule has 1 aliphatic heterocycles. The Morgan fingerprint density at radius 1 is 1.14 bits per heavy atom. The Balaban J connectivity index is 1.47. The number of carbonyl (C=O) groups excluding carboxylic acids is 1. The molecule has 1 aliphatic rings. The molecule has 5 rings (SSSR count). The van der Waals surface area contributed by atoms with E-state index in [4.69, 9.17) is 0 Å². The lowest BCUT2D eigenvalue weighted by Crippen LogP contribution is -2.40. The van der Waals surface area contributed by atoms with Crippen LogP contribution in [-0.4, -0.2) is 56.5 Å². The van der Waals surface area contributed by atoms with Crippen molar-refractivity contribution in [1.29, 1.82) is 0 Å². The zero-order valence-electron chi connectivity index (χ0n) is 15.8. The number of fused-ring (bicyclic) bond motifs is 2. The first-order chi connectivity index (χ1) is 13.5. The third-order valence-corrected chi connectivity index (χ3v) is 4.99. The summed E-state index contributed by atoms with van der Waals surface area (Å²) in [6, 6.07) is 0.0370. The van der Waals surface area contributed by atoms with Gasteiger partial charge in [0.1, 0.15) is 5.56 Å². The molecular formula is C18H19N9O. The van der Waals surface area contributed by atoms with Gasteiger partial charge in [0.15, 0.2) is 17.3 Å². The Bertz CT molecular complexity index is 1200. The van der Waals surface area contributed by atoms with E-state index < -0.39 is 0 Å². The second kappa shape index (κ2) is 5.98. The van der Waals surface area contributed by atoms with Crippen molar-refractivity contribution in [2.24, 2.45) is 7.05 Å². The van der Waals surface area contributed by atoms with Gasteiger partial charge in [0.05, 0.1) is 30.5 Å². The average molecular weight is 377 g/mol. The van der Waals surface area contributed by atoms with Crippen LogP contribution in [0.1, 0.15) is 34.7 Å². The summed E-state index contributed by atoms with van der Waals surface area (Å²) in [6.07, 6.45) is 8.86. The third kappa shape index (κ3) is 2.48. The second-order valence-electron chi connectivity index (χ2n) is 7.20. The van der Waals surface area contributed by atoms with Crippen LogP contribution < -0.4 is 0 Å². The molecule has 4 aromatic heterocycles. The van der Waals surface area contributed by atoms with Crippen LogP contribution >= 0.6 is 0 Å². The molecular weight excluding hydrogens is 358 g/mol. The molecule has 0 N–H and O–H groups in total. The van der Waals surface area contributed by atoms with Gasteiger partial charge in [0, 0.05) is 32.2 Å². The Labute approximate surface area is 160 Å². The third-order valence-electron chi connectivity index (χ3n) is 4.99. The molecule has 0 radical (unpaired) electrons. The van der Waals surface area contributed by atoms with E-state index in [1.165, 1.54) is 0 Å². The van der Waals surface area contributed by atoms with Gasteiger partial charge >= 0.3 is 0 Å². The van der Waals surface area contributed by atoms with Crippen molar-refractivity contribution < 1.29 is 4.79 Å². The van der Waals surface area contributed by atoms with E-state index in [1.54, 1.807) is 32.7 Å². The van der Waals surface area contributed by atoms with Crippen LogP contribution in [-0.2, 0) is 13.6 Å². The molecule has 10 heteroatoms. The molecule has 5 heterocycles. The lowest BCUT2D eigenvalue weighted by molar-refractivity contribution is 0.0684. The van der Waals surface area contributed by atoms with E-state index in [0.717, 1.165) is 22.8 Å². The van der Waals surface area contributed by atoms with Gasteiger partial charge in [-0.3, -0.25) is 9.48 Å². The molecule has 1 amide bonds. The van der Waals surface area contributed by atoms with E-state index in [2.05, 4.69) is 36.9 Å². The Morgan fingerprint density at radius 3 is 2.79 bits per heavy atom. The number of hydrogen-bond acceptors (Lipinski definition) is 6. The molecule has 10 nitrogen and oxygen atoms in total. The van der Waals surface area contributed by atoms with Crippen molar-refractivity contribution in [1.82, 2.24) is 44.0 Å². The molecule has 28 heavy (non-hydrogen) atoms. The highest BCUT2D eigenvalue weighted by molar-refractivity contribution is 5.99. The van der Waals surface area contributed by atoms with Crippen molar-refractivity contribution >= 4 is 11.6 Å². The molecule has 0 bridgehead atoms. The quantitative estimate of drug-likeness (QED) is 0.521. The number of hydrogen-bond donors (Lipinski definition) is 0. The number of carbonyl (C=O) groups is 1. The van der Waals surface area contributed by atoms with Gasteiger partial charge in [-0.25, -0.2) is 9.50 Å². The van der Waals surface area contributed by atoms with Crippen molar-refractivity contribution in [3.8, 4) is 11.4 Å². The van der Waals surface area contributed by atoms with Crippen LogP contribution in [0.15, 0.2) is 31.0 Å². The number of nitrogens with zero attached hydrogens (tertiary/aromatic N) is 9. The Kier molecular flexibility index (Phi) is 3.54. The highest BCUT2D eigenvalue weighted by atomic mass is 16.2. The first-order valence-corrected chi connectivity index (χ1v) is 9.03. The average Bonchev–Trinajstić information content (AvgIpc) is 3.38. The fourth-order valence-corrected chi connectivity index (χ4v) is 3.71.